The summed E-state index contributed by atoms with van der Waals surface area (Å²) in [7, 11) is 0. The van der Waals surface area contributed by atoms with Crippen molar-refractivity contribution in [2.75, 3.05) is 5.73 Å². The molecule has 20 heavy (non-hydrogen) atoms. The van der Waals surface area contributed by atoms with Gasteiger partial charge in [0.05, 0.1) is 5.52 Å². The van der Waals surface area contributed by atoms with Gasteiger partial charge in [-0.15, -0.1) is 0 Å². The molecule has 0 atom stereocenters. The predicted molar refractivity (Wildman–Crippen MR) is 75.6 cm³/mol. The van der Waals surface area contributed by atoms with E-state index in [2.05, 4.69) is 0 Å². The molecule has 2 aromatic heterocycles. The molecular weight excluding hydrogens is 258 g/mol. The van der Waals surface area contributed by atoms with Crippen LogP contribution in [0.15, 0.2) is 56.6 Å². The number of hydrogen-bond acceptors (Lipinski definition) is 4. The maximum Gasteiger partial charge on any atom is 0.420 e. The highest BCUT2D eigenvalue weighted by Crippen LogP contribution is 2.16. The molecular formula is C14H13N3O3. The molecule has 6 nitrogen and oxygen atoms in total. The fourth-order valence-corrected chi connectivity index (χ4v) is 2.15. The highest BCUT2D eigenvalue weighted by Gasteiger charge is 2.09. The third kappa shape index (κ3) is 2.11. The second kappa shape index (κ2) is 4.73. The number of nitrogen functional groups attached to an aromatic ring is 1. The largest absolute Gasteiger partial charge is 0.420 e. The van der Waals surface area contributed by atoms with Crippen molar-refractivity contribution in [3.8, 4) is 0 Å². The molecule has 3 rings (SSSR count). The van der Waals surface area contributed by atoms with Crippen molar-refractivity contribution < 1.29 is 4.42 Å². The Labute approximate surface area is 113 Å². The minimum atomic E-state index is -0.449. The average molecular weight is 271 g/mol. The van der Waals surface area contributed by atoms with E-state index < -0.39 is 5.76 Å². The van der Waals surface area contributed by atoms with Gasteiger partial charge in [-0.25, -0.2) is 4.79 Å². The first-order valence-electron chi connectivity index (χ1n) is 6.19. The molecule has 0 unspecified atom stereocenters. The van der Waals surface area contributed by atoms with E-state index in [1.165, 1.54) is 10.6 Å². The van der Waals surface area contributed by atoms with Crippen molar-refractivity contribution in [3.63, 3.8) is 0 Å². The third-order valence-corrected chi connectivity index (χ3v) is 3.16. The standard InChI is InChI=1S/C14H13N3O3/c15-10-4-5-11-12(9-10)20-14(19)17(11)8-7-16-6-2-1-3-13(16)18/h1-6,9H,7-8,15H2. The van der Waals surface area contributed by atoms with Gasteiger partial charge in [-0.05, 0) is 18.2 Å². The van der Waals surface area contributed by atoms with Gasteiger partial charge in [-0.3, -0.25) is 9.36 Å². The lowest BCUT2D eigenvalue weighted by Gasteiger charge is -2.05. The molecule has 0 fully saturated rings. The van der Waals surface area contributed by atoms with E-state index >= 15 is 0 Å². The van der Waals surface area contributed by atoms with Crippen LogP contribution in [0.3, 0.4) is 0 Å². The minimum absolute atomic E-state index is 0.0995. The van der Waals surface area contributed by atoms with Crippen LogP contribution < -0.4 is 17.0 Å². The maximum absolute atomic E-state index is 11.8. The summed E-state index contributed by atoms with van der Waals surface area (Å²) in [5.74, 6) is -0.449. The van der Waals surface area contributed by atoms with Gasteiger partial charge in [0.15, 0.2) is 5.58 Å². The van der Waals surface area contributed by atoms with Crippen molar-refractivity contribution in [2.24, 2.45) is 0 Å². The Balaban J connectivity index is 1.96. The van der Waals surface area contributed by atoms with Crippen molar-refractivity contribution >= 4 is 16.8 Å². The maximum atomic E-state index is 11.8. The number of fused-ring (bicyclic) bond motifs is 1. The molecule has 0 radical (unpaired) electrons. The molecule has 2 heterocycles. The van der Waals surface area contributed by atoms with Gasteiger partial charge in [0.2, 0.25) is 0 Å². The number of oxazole rings is 1. The Morgan fingerprint density at radius 1 is 1.10 bits per heavy atom. The Morgan fingerprint density at radius 2 is 1.95 bits per heavy atom. The van der Waals surface area contributed by atoms with Crippen molar-refractivity contribution in [1.29, 1.82) is 0 Å². The van der Waals surface area contributed by atoms with Crippen LogP contribution in [0.1, 0.15) is 0 Å². The molecule has 0 amide bonds. The number of benzene rings is 1. The van der Waals surface area contributed by atoms with Gasteiger partial charge in [0.25, 0.3) is 5.56 Å². The van der Waals surface area contributed by atoms with Crippen molar-refractivity contribution in [3.05, 3.63) is 63.5 Å². The number of nitrogens with two attached hydrogens (primary N) is 1. The molecule has 0 aliphatic carbocycles. The number of nitrogens with zero attached hydrogens (tertiary/aromatic N) is 2. The number of aromatic nitrogens is 2. The second-order valence-electron chi connectivity index (χ2n) is 4.48. The van der Waals surface area contributed by atoms with E-state index in [0.29, 0.717) is 29.9 Å². The molecule has 102 valence electrons. The summed E-state index contributed by atoms with van der Waals surface area (Å²) in [6.07, 6.45) is 1.69. The van der Waals surface area contributed by atoms with Crippen molar-refractivity contribution in [2.45, 2.75) is 13.1 Å². The monoisotopic (exact) mass is 271 g/mol. The molecule has 3 aromatic rings. The van der Waals surface area contributed by atoms with Gasteiger partial charge < -0.3 is 14.7 Å². The van der Waals surface area contributed by atoms with Crippen LogP contribution in [0.2, 0.25) is 0 Å². The Hall–Kier alpha value is -2.76. The van der Waals surface area contributed by atoms with Crippen molar-refractivity contribution in [1.82, 2.24) is 9.13 Å². The normalized spacial score (nSPS) is 11.0. The first-order valence-corrected chi connectivity index (χ1v) is 6.19. The summed E-state index contributed by atoms with van der Waals surface area (Å²) in [5.41, 5.74) is 7.22. The summed E-state index contributed by atoms with van der Waals surface area (Å²) in [6.45, 7) is 0.762. The summed E-state index contributed by atoms with van der Waals surface area (Å²) in [5, 5.41) is 0. The van der Waals surface area contributed by atoms with E-state index in [1.54, 1.807) is 41.1 Å². The van der Waals surface area contributed by atoms with E-state index in [0.717, 1.165) is 0 Å². The quantitative estimate of drug-likeness (QED) is 0.721. The lowest BCUT2D eigenvalue weighted by atomic mass is 10.3. The lowest BCUT2D eigenvalue weighted by molar-refractivity contribution is 0.481. The minimum Gasteiger partial charge on any atom is -0.408 e. The fraction of sp³-hybridized carbons (Fsp3) is 0.143. The molecule has 0 spiro atoms. The van der Waals surface area contributed by atoms with E-state index in [4.69, 9.17) is 10.2 Å². The highest BCUT2D eigenvalue weighted by molar-refractivity contribution is 5.76. The lowest BCUT2D eigenvalue weighted by Crippen LogP contribution is -2.23. The third-order valence-electron chi connectivity index (χ3n) is 3.16. The van der Waals surface area contributed by atoms with E-state index in [-0.39, 0.29) is 5.56 Å². The summed E-state index contributed by atoms with van der Waals surface area (Å²) in [4.78, 5) is 23.4. The van der Waals surface area contributed by atoms with Gasteiger partial charge in [-0.2, -0.15) is 0 Å². The van der Waals surface area contributed by atoms with Crippen LogP contribution in [0.4, 0.5) is 5.69 Å². The number of rotatable bonds is 3. The van der Waals surface area contributed by atoms with Gasteiger partial charge in [-0.1, -0.05) is 6.07 Å². The zero-order chi connectivity index (χ0) is 14.1. The van der Waals surface area contributed by atoms with Crippen LogP contribution >= 0.6 is 0 Å². The van der Waals surface area contributed by atoms with Gasteiger partial charge in [0, 0.05) is 37.1 Å². The molecule has 0 saturated carbocycles. The number of pyridine rings is 1. The predicted octanol–water partition coefficient (Wildman–Crippen LogP) is 1.04. The van der Waals surface area contributed by atoms with Crippen LogP contribution in [-0.4, -0.2) is 9.13 Å². The molecule has 6 heteroatoms. The number of anilines is 1. The molecule has 0 saturated heterocycles. The summed E-state index contributed by atoms with van der Waals surface area (Å²) >= 11 is 0. The highest BCUT2D eigenvalue weighted by atomic mass is 16.4. The molecule has 1 aromatic carbocycles. The number of hydrogen-bond donors (Lipinski definition) is 1. The Kier molecular flexibility index (Phi) is 2.90. The van der Waals surface area contributed by atoms with E-state index in [1.807, 2.05) is 0 Å². The van der Waals surface area contributed by atoms with Crippen LogP contribution in [-0.2, 0) is 13.1 Å². The van der Waals surface area contributed by atoms with E-state index in [9.17, 15) is 9.59 Å². The fourth-order valence-electron chi connectivity index (χ4n) is 2.15. The molecule has 0 aliphatic heterocycles. The summed E-state index contributed by atoms with van der Waals surface area (Å²) in [6, 6.07) is 10.0. The van der Waals surface area contributed by atoms with Crippen LogP contribution in [0.25, 0.3) is 11.1 Å². The van der Waals surface area contributed by atoms with Gasteiger partial charge in [0.1, 0.15) is 0 Å². The Bertz CT molecular complexity index is 873. The van der Waals surface area contributed by atoms with Crippen LogP contribution in [0, 0.1) is 0 Å². The first kappa shape index (κ1) is 12.3. The molecule has 2 N–H and O–H groups in total. The SMILES string of the molecule is Nc1ccc2c(c1)oc(=O)n2CCn1ccccc1=O. The topological polar surface area (TPSA) is 83.2 Å². The first-order chi connectivity index (χ1) is 9.65. The zero-order valence-corrected chi connectivity index (χ0v) is 10.7. The van der Waals surface area contributed by atoms with Gasteiger partial charge >= 0.3 is 5.76 Å². The summed E-state index contributed by atoms with van der Waals surface area (Å²) < 4.78 is 8.18. The molecule has 0 aliphatic rings. The second-order valence-corrected chi connectivity index (χ2v) is 4.48. The number of aryl methyl sites for hydroxylation is 2. The van der Waals surface area contributed by atoms with Crippen LogP contribution in [0.5, 0.6) is 0 Å². The smallest absolute Gasteiger partial charge is 0.408 e. The zero-order valence-electron chi connectivity index (χ0n) is 10.7. The Morgan fingerprint density at radius 3 is 2.75 bits per heavy atom. The molecule has 0 bridgehead atoms. The average Bonchev–Trinajstić information content (AvgIpc) is 2.73.